The fourth-order valence-electron chi connectivity index (χ4n) is 1.55. The number of ether oxygens (including phenoxy) is 1. The van der Waals surface area contributed by atoms with Crippen molar-refractivity contribution in [2.75, 3.05) is 5.73 Å². The molecule has 0 unspecified atom stereocenters. The van der Waals surface area contributed by atoms with E-state index in [0.29, 0.717) is 17.1 Å². The van der Waals surface area contributed by atoms with Crippen molar-refractivity contribution >= 4 is 5.69 Å². The molecular formula is C12H12F3N3O. The highest BCUT2D eigenvalue weighted by molar-refractivity contribution is 5.40. The SMILES string of the molecule is Cn1ncc(N)c1COc1ccc(C(F)(F)F)cc1. The van der Waals surface area contributed by atoms with Gasteiger partial charge < -0.3 is 10.5 Å². The van der Waals surface area contributed by atoms with E-state index in [1.807, 2.05) is 0 Å². The van der Waals surface area contributed by atoms with Gasteiger partial charge >= 0.3 is 6.18 Å². The third-order valence-corrected chi connectivity index (χ3v) is 2.65. The second-order valence-corrected chi connectivity index (χ2v) is 3.98. The van der Waals surface area contributed by atoms with Gasteiger partial charge in [0, 0.05) is 7.05 Å². The topological polar surface area (TPSA) is 53.1 Å². The summed E-state index contributed by atoms with van der Waals surface area (Å²) in [7, 11) is 1.71. The fraction of sp³-hybridized carbons (Fsp3) is 0.250. The summed E-state index contributed by atoms with van der Waals surface area (Å²) >= 11 is 0. The summed E-state index contributed by atoms with van der Waals surface area (Å²) in [6.07, 6.45) is -2.85. The summed E-state index contributed by atoms with van der Waals surface area (Å²) < 4.78 is 44.0. The number of nitrogen functional groups attached to an aromatic ring is 1. The molecule has 1 aromatic heterocycles. The molecule has 0 saturated carbocycles. The van der Waals surface area contributed by atoms with Crippen molar-refractivity contribution in [3.05, 3.63) is 41.7 Å². The normalized spacial score (nSPS) is 11.6. The summed E-state index contributed by atoms with van der Waals surface area (Å²) in [5, 5.41) is 3.94. The lowest BCUT2D eigenvalue weighted by atomic mass is 10.2. The Bertz CT molecular complexity index is 541. The zero-order valence-electron chi connectivity index (χ0n) is 10.1. The third kappa shape index (κ3) is 2.98. The molecule has 102 valence electrons. The Kier molecular flexibility index (Phi) is 3.37. The van der Waals surface area contributed by atoms with Crippen molar-refractivity contribution < 1.29 is 17.9 Å². The van der Waals surface area contributed by atoms with Crippen LogP contribution < -0.4 is 10.5 Å². The van der Waals surface area contributed by atoms with E-state index in [1.165, 1.54) is 18.3 Å². The maximum absolute atomic E-state index is 12.4. The van der Waals surface area contributed by atoms with Gasteiger partial charge in [0.2, 0.25) is 0 Å². The molecule has 1 heterocycles. The van der Waals surface area contributed by atoms with Crippen LogP contribution in [0, 0.1) is 0 Å². The van der Waals surface area contributed by atoms with Crippen molar-refractivity contribution in [3.8, 4) is 5.75 Å². The largest absolute Gasteiger partial charge is 0.487 e. The molecule has 2 aromatic rings. The first kappa shape index (κ1) is 13.3. The first-order valence-corrected chi connectivity index (χ1v) is 5.44. The van der Waals surface area contributed by atoms with Gasteiger partial charge in [-0.2, -0.15) is 18.3 Å². The lowest BCUT2D eigenvalue weighted by Gasteiger charge is -2.09. The second kappa shape index (κ2) is 4.83. The minimum atomic E-state index is -4.34. The molecule has 0 bridgehead atoms. The smallest absolute Gasteiger partial charge is 0.416 e. The number of hydrogen-bond acceptors (Lipinski definition) is 3. The molecule has 0 saturated heterocycles. The highest BCUT2D eigenvalue weighted by Gasteiger charge is 2.30. The molecule has 0 spiro atoms. The predicted octanol–water partition coefficient (Wildman–Crippen LogP) is 2.60. The van der Waals surface area contributed by atoms with E-state index >= 15 is 0 Å². The number of aromatic nitrogens is 2. The van der Waals surface area contributed by atoms with E-state index < -0.39 is 11.7 Å². The average Bonchev–Trinajstić information content (AvgIpc) is 2.66. The first-order valence-electron chi connectivity index (χ1n) is 5.44. The Hall–Kier alpha value is -2.18. The summed E-state index contributed by atoms with van der Waals surface area (Å²) in [4.78, 5) is 0. The summed E-state index contributed by atoms with van der Waals surface area (Å²) in [6, 6.07) is 4.49. The highest BCUT2D eigenvalue weighted by atomic mass is 19.4. The van der Waals surface area contributed by atoms with Gasteiger partial charge in [0.15, 0.2) is 0 Å². The predicted molar refractivity (Wildman–Crippen MR) is 63.4 cm³/mol. The molecule has 2 rings (SSSR count). The summed E-state index contributed by atoms with van der Waals surface area (Å²) in [5.41, 5.74) is 6.11. The fourth-order valence-corrected chi connectivity index (χ4v) is 1.55. The van der Waals surface area contributed by atoms with E-state index in [2.05, 4.69) is 5.10 Å². The number of benzene rings is 1. The minimum Gasteiger partial charge on any atom is -0.487 e. The van der Waals surface area contributed by atoms with Crippen molar-refractivity contribution in [1.82, 2.24) is 9.78 Å². The summed E-state index contributed by atoms with van der Waals surface area (Å²) in [5.74, 6) is 0.341. The first-order chi connectivity index (χ1) is 8.88. The molecular weight excluding hydrogens is 259 g/mol. The Morgan fingerprint density at radius 1 is 1.26 bits per heavy atom. The molecule has 7 heteroatoms. The van der Waals surface area contributed by atoms with Crippen LogP contribution in [-0.2, 0) is 19.8 Å². The lowest BCUT2D eigenvalue weighted by Crippen LogP contribution is -2.06. The van der Waals surface area contributed by atoms with Gasteiger partial charge in [-0.1, -0.05) is 0 Å². The third-order valence-electron chi connectivity index (χ3n) is 2.65. The van der Waals surface area contributed by atoms with Crippen LogP contribution in [0.1, 0.15) is 11.3 Å². The van der Waals surface area contributed by atoms with Crippen LogP contribution in [0.4, 0.5) is 18.9 Å². The molecule has 0 atom stereocenters. The van der Waals surface area contributed by atoms with Gasteiger partial charge in [0.1, 0.15) is 12.4 Å². The number of nitrogens with zero attached hydrogens (tertiary/aromatic N) is 2. The number of anilines is 1. The zero-order chi connectivity index (χ0) is 14.0. The molecule has 2 N–H and O–H groups in total. The molecule has 0 aliphatic carbocycles. The second-order valence-electron chi connectivity index (χ2n) is 3.98. The van der Waals surface area contributed by atoms with Gasteiger partial charge in [0.05, 0.1) is 23.1 Å². The number of halogens is 3. The van der Waals surface area contributed by atoms with E-state index in [1.54, 1.807) is 11.7 Å². The van der Waals surface area contributed by atoms with Crippen LogP contribution in [0.2, 0.25) is 0 Å². The van der Waals surface area contributed by atoms with Crippen molar-refractivity contribution in [3.63, 3.8) is 0 Å². The van der Waals surface area contributed by atoms with Gasteiger partial charge in [-0.25, -0.2) is 0 Å². The van der Waals surface area contributed by atoms with Crippen LogP contribution in [0.25, 0.3) is 0 Å². The maximum atomic E-state index is 12.4. The number of nitrogens with two attached hydrogens (primary N) is 1. The Labute approximate surface area is 107 Å². The Morgan fingerprint density at radius 2 is 1.89 bits per heavy atom. The van der Waals surface area contributed by atoms with Gasteiger partial charge in [-0.05, 0) is 24.3 Å². The number of hydrogen-bond donors (Lipinski definition) is 1. The molecule has 0 radical (unpaired) electrons. The molecule has 0 aliphatic rings. The Morgan fingerprint density at radius 3 is 2.37 bits per heavy atom. The molecule has 0 amide bonds. The monoisotopic (exact) mass is 271 g/mol. The van der Waals surface area contributed by atoms with Gasteiger partial charge in [-0.15, -0.1) is 0 Å². The van der Waals surface area contributed by atoms with E-state index in [-0.39, 0.29) is 6.61 Å². The highest BCUT2D eigenvalue weighted by Crippen LogP contribution is 2.30. The molecule has 4 nitrogen and oxygen atoms in total. The van der Waals surface area contributed by atoms with Crippen LogP contribution >= 0.6 is 0 Å². The van der Waals surface area contributed by atoms with Crippen molar-refractivity contribution in [2.45, 2.75) is 12.8 Å². The number of rotatable bonds is 3. The van der Waals surface area contributed by atoms with Crippen molar-refractivity contribution in [2.24, 2.45) is 7.05 Å². The molecule has 19 heavy (non-hydrogen) atoms. The van der Waals surface area contributed by atoms with Crippen LogP contribution in [0.15, 0.2) is 30.5 Å². The van der Waals surface area contributed by atoms with Crippen molar-refractivity contribution in [1.29, 1.82) is 0 Å². The lowest BCUT2D eigenvalue weighted by molar-refractivity contribution is -0.137. The standard InChI is InChI=1S/C12H12F3N3O/c1-18-11(10(16)6-17-18)7-19-9-4-2-8(3-5-9)12(13,14)15/h2-6H,7,16H2,1H3. The van der Waals surface area contributed by atoms with Crippen LogP contribution in [0.3, 0.4) is 0 Å². The average molecular weight is 271 g/mol. The summed E-state index contributed by atoms with van der Waals surface area (Å²) in [6.45, 7) is 0.147. The molecule has 0 fully saturated rings. The van der Waals surface area contributed by atoms with Gasteiger partial charge in [-0.3, -0.25) is 4.68 Å². The number of alkyl halides is 3. The quantitative estimate of drug-likeness (QED) is 0.933. The van der Waals surface area contributed by atoms with Crippen LogP contribution in [0.5, 0.6) is 5.75 Å². The van der Waals surface area contributed by atoms with E-state index in [4.69, 9.17) is 10.5 Å². The minimum absolute atomic E-state index is 0.147. The van der Waals surface area contributed by atoms with E-state index in [9.17, 15) is 13.2 Å². The molecule has 0 aliphatic heterocycles. The van der Waals surface area contributed by atoms with Crippen LogP contribution in [-0.4, -0.2) is 9.78 Å². The zero-order valence-corrected chi connectivity index (χ0v) is 10.1. The molecule has 1 aromatic carbocycles. The van der Waals surface area contributed by atoms with E-state index in [0.717, 1.165) is 12.1 Å². The van der Waals surface area contributed by atoms with Gasteiger partial charge in [0.25, 0.3) is 0 Å². The Balaban J connectivity index is 2.05. The maximum Gasteiger partial charge on any atom is 0.416 e. The number of aryl methyl sites for hydroxylation is 1.